The molecule has 0 aliphatic heterocycles. The molecule has 0 aliphatic carbocycles. The highest BCUT2D eigenvalue weighted by Gasteiger charge is 2.31. The topological polar surface area (TPSA) is 61.1 Å². The highest BCUT2D eigenvalue weighted by Crippen LogP contribution is 2.35. The van der Waals surface area contributed by atoms with Crippen molar-refractivity contribution >= 4 is 23.5 Å². The number of anilines is 1. The third-order valence-corrected chi connectivity index (χ3v) is 5.72. The van der Waals surface area contributed by atoms with Gasteiger partial charge in [-0.15, -0.1) is 0 Å². The Balaban J connectivity index is 1.83. The van der Waals surface area contributed by atoms with Crippen molar-refractivity contribution in [2.45, 2.75) is 19.5 Å². The molecule has 2 aromatic carbocycles. The fourth-order valence-electron chi connectivity index (χ4n) is 3.64. The van der Waals surface area contributed by atoms with Gasteiger partial charge in [0, 0.05) is 59.1 Å². The van der Waals surface area contributed by atoms with Crippen molar-refractivity contribution in [2.24, 2.45) is 0 Å². The molecular weight excluding hydrogens is 465 g/mol. The number of aromatic nitrogens is 1. The Kier molecular flexibility index (Phi) is 8.17. The zero-order valence-corrected chi connectivity index (χ0v) is 19.7. The first-order chi connectivity index (χ1) is 16.1. The van der Waals surface area contributed by atoms with Crippen molar-refractivity contribution in [3.63, 3.8) is 0 Å². The van der Waals surface area contributed by atoms with Gasteiger partial charge < -0.3 is 15.6 Å². The predicted molar refractivity (Wildman–Crippen MR) is 132 cm³/mol. The second-order valence-electron chi connectivity index (χ2n) is 7.96. The molecule has 0 atom stereocenters. The first-order valence-electron chi connectivity index (χ1n) is 10.8. The number of alkyl halides is 3. The maximum Gasteiger partial charge on any atom is 0.416 e. The van der Waals surface area contributed by atoms with Gasteiger partial charge in [0.05, 0.1) is 5.56 Å². The average Bonchev–Trinajstić information content (AvgIpc) is 2.78. The summed E-state index contributed by atoms with van der Waals surface area (Å²) in [7, 11) is 2.06. The zero-order chi connectivity index (χ0) is 24.9. The van der Waals surface area contributed by atoms with Crippen molar-refractivity contribution in [1.29, 1.82) is 5.41 Å². The van der Waals surface area contributed by atoms with Gasteiger partial charge in [-0.3, -0.25) is 9.36 Å². The van der Waals surface area contributed by atoms with Crippen LogP contribution in [0.15, 0.2) is 59.5 Å². The molecule has 0 aliphatic rings. The van der Waals surface area contributed by atoms with Gasteiger partial charge in [0.2, 0.25) is 0 Å². The predicted octanol–water partition coefficient (Wildman–Crippen LogP) is 5.93. The van der Waals surface area contributed by atoms with E-state index < -0.39 is 11.7 Å². The molecule has 180 valence electrons. The summed E-state index contributed by atoms with van der Waals surface area (Å²) < 4.78 is 40.1. The van der Waals surface area contributed by atoms with E-state index in [-0.39, 0.29) is 10.6 Å². The van der Waals surface area contributed by atoms with Crippen LogP contribution >= 0.6 is 11.6 Å². The first-order valence-corrected chi connectivity index (χ1v) is 11.2. The van der Waals surface area contributed by atoms with Crippen molar-refractivity contribution in [2.75, 3.05) is 32.0 Å². The van der Waals surface area contributed by atoms with E-state index in [1.165, 1.54) is 22.9 Å². The van der Waals surface area contributed by atoms with Crippen LogP contribution in [0.25, 0.3) is 16.8 Å². The van der Waals surface area contributed by atoms with Crippen LogP contribution in [0.4, 0.5) is 18.9 Å². The molecule has 0 unspecified atom stereocenters. The molecule has 0 amide bonds. The molecule has 0 saturated carbocycles. The lowest BCUT2D eigenvalue weighted by Crippen LogP contribution is -2.26. The highest BCUT2D eigenvalue weighted by molar-refractivity contribution is 6.33. The van der Waals surface area contributed by atoms with Crippen LogP contribution in [-0.2, 0) is 6.18 Å². The molecule has 1 aromatic heterocycles. The van der Waals surface area contributed by atoms with Crippen LogP contribution < -0.4 is 10.9 Å². The minimum atomic E-state index is -4.50. The lowest BCUT2D eigenvalue weighted by Gasteiger charge is -2.17. The summed E-state index contributed by atoms with van der Waals surface area (Å²) in [5.74, 6) is 0. The first kappa shape index (κ1) is 25.5. The Morgan fingerprint density at radius 2 is 1.88 bits per heavy atom. The molecule has 0 saturated heterocycles. The van der Waals surface area contributed by atoms with E-state index in [0.717, 1.165) is 43.9 Å². The number of nitrogens with one attached hydrogen (secondary N) is 2. The van der Waals surface area contributed by atoms with Gasteiger partial charge in [-0.05, 0) is 62.0 Å². The molecule has 0 radical (unpaired) electrons. The van der Waals surface area contributed by atoms with Gasteiger partial charge in [-0.25, -0.2) is 0 Å². The third kappa shape index (κ3) is 6.07. The molecule has 5 nitrogen and oxygen atoms in total. The summed E-state index contributed by atoms with van der Waals surface area (Å²) >= 11 is 6.07. The molecule has 1 heterocycles. The second-order valence-corrected chi connectivity index (χ2v) is 8.37. The smallest absolute Gasteiger partial charge is 0.383 e. The van der Waals surface area contributed by atoms with Crippen molar-refractivity contribution in [3.8, 4) is 16.8 Å². The molecule has 3 rings (SSSR count). The van der Waals surface area contributed by atoms with Gasteiger partial charge in [0.1, 0.15) is 0 Å². The number of likely N-dealkylation sites (N-methyl/N-ethyl adjacent to an activating group) is 1. The average molecular weight is 491 g/mol. The third-order valence-electron chi connectivity index (χ3n) is 5.41. The molecule has 34 heavy (non-hydrogen) atoms. The quantitative estimate of drug-likeness (QED) is 0.365. The number of halogens is 4. The summed E-state index contributed by atoms with van der Waals surface area (Å²) in [4.78, 5) is 15.0. The Morgan fingerprint density at radius 1 is 1.12 bits per heavy atom. The number of nitrogens with zero attached hydrogens (tertiary/aromatic N) is 2. The van der Waals surface area contributed by atoms with Gasteiger partial charge in [-0.2, -0.15) is 13.2 Å². The van der Waals surface area contributed by atoms with Crippen molar-refractivity contribution in [1.82, 2.24) is 9.47 Å². The number of hydrogen-bond acceptors (Lipinski definition) is 4. The maximum absolute atomic E-state index is 12.9. The van der Waals surface area contributed by atoms with Crippen LogP contribution in [0.2, 0.25) is 5.02 Å². The van der Waals surface area contributed by atoms with Crippen LogP contribution in [0.5, 0.6) is 0 Å². The van der Waals surface area contributed by atoms with Crippen LogP contribution in [0, 0.1) is 5.41 Å². The number of hydrogen-bond donors (Lipinski definition) is 2. The SMILES string of the molecule is CCCN(C)CCNc1ccc(-n2ccc(-c3ccc(C(F)(F)F)cc3Cl)cc2=O)cc1C=N. The minimum absolute atomic E-state index is 0.0851. The lowest BCUT2D eigenvalue weighted by atomic mass is 10.0. The van der Waals surface area contributed by atoms with Crippen LogP contribution in [0.1, 0.15) is 24.5 Å². The van der Waals surface area contributed by atoms with E-state index in [1.54, 1.807) is 24.4 Å². The molecule has 0 bridgehead atoms. The molecular formula is C25H26ClF3N4O. The van der Waals surface area contributed by atoms with Crippen molar-refractivity contribution < 1.29 is 13.2 Å². The summed E-state index contributed by atoms with van der Waals surface area (Å²) in [5, 5.41) is 11.0. The molecule has 2 N–H and O–H groups in total. The largest absolute Gasteiger partial charge is 0.416 e. The fraction of sp³-hybridized carbons (Fsp3) is 0.280. The van der Waals surface area contributed by atoms with Gasteiger partial charge >= 0.3 is 6.18 Å². The highest BCUT2D eigenvalue weighted by atomic mass is 35.5. The Morgan fingerprint density at radius 3 is 2.50 bits per heavy atom. The lowest BCUT2D eigenvalue weighted by molar-refractivity contribution is -0.137. The number of rotatable bonds is 9. The van der Waals surface area contributed by atoms with Gasteiger partial charge in [0.25, 0.3) is 5.56 Å². The van der Waals surface area contributed by atoms with Gasteiger partial charge in [0.15, 0.2) is 0 Å². The standard InChI is InChI=1S/C25H26ClF3N4O/c1-3-10-32(2)12-9-31-23-7-5-20(13-18(23)16-30)33-11-8-17(14-24(33)34)21-6-4-19(15-22(21)26)25(27,28)29/h4-8,11,13-16,30-31H,3,9-10,12H2,1-2H3. The van der Waals surface area contributed by atoms with Crippen LogP contribution in [-0.4, -0.2) is 42.4 Å². The van der Waals surface area contributed by atoms with Gasteiger partial charge in [-0.1, -0.05) is 24.6 Å². The van der Waals surface area contributed by atoms with Crippen LogP contribution in [0.3, 0.4) is 0 Å². The van der Waals surface area contributed by atoms with E-state index in [1.807, 2.05) is 6.07 Å². The molecule has 3 aromatic rings. The van der Waals surface area contributed by atoms with E-state index >= 15 is 0 Å². The summed E-state index contributed by atoms with van der Waals surface area (Å²) in [6.07, 6.45) is -0.648. The fourth-order valence-corrected chi connectivity index (χ4v) is 3.93. The Hall–Kier alpha value is -3.10. The monoisotopic (exact) mass is 490 g/mol. The maximum atomic E-state index is 12.9. The van der Waals surface area contributed by atoms with E-state index in [2.05, 4.69) is 24.2 Å². The number of pyridine rings is 1. The summed E-state index contributed by atoms with van der Waals surface area (Å²) in [5.41, 5.74) is 1.55. The van der Waals surface area contributed by atoms with E-state index in [9.17, 15) is 18.0 Å². The van der Waals surface area contributed by atoms with E-state index in [0.29, 0.717) is 22.4 Å². The summed E-state index contributed by atoms with van der Waals surface area (Å²) in [6.45, 7) is 4.72. The molecule has 0 spiro atoms. The molecule has 0 fully saturated rings. The van der Waals surface area contributed by atoms with E-state index in [4.69, 9.17) is 17.0 Å². The zero-order valence-electron chi connectivity index (χ0n) is 18.9. The molecule has 9 heteroatoms. The summed E-state index contributed by atoms with van der Waals surface area (Å²) in [6, 6.07) is 11.3. The Bertz CT molecular complexity index is 1220. The normalized spacial score (nSPS) is 11.6. The number of benzene rings is 2. The van der Waals surface area contributed by atoms with Crippen molar-refractivity contribution in [3.05, 3.63) is 81.2 Å². The second kappa shape index (κ2) is 10.9. The minimum Gasteiger partial charge on any atom is -0.383 e. The Labute approximate surface area is 201 Å².